The summed E-state index contributed by atoms with van der Waals surface area (Å²) in [5.74, 6) is -0.257. The second kappa shape index (κ2) is 12.1. The maximum Gasteiger partial charge on any atom is 0.243 e. The molecule has 1 amide bonds. The van der Waals surface area contributed by atoms with Crippen molar-refractivity contribution in [1.82, 2.24) is 13.9 Å². The Labute approximate surface area is 234 Å². The second-order valence-electron chi connectivity index (χ2n) is 9.29. The summed E-state index contributed by atoms with van der Waals surface area (Å²) in [5, 5.41) is 3.43. The lowest BCUT2D eigenvalue weighted by Crippen LogP contribution is -2.40. The van der Waals surface area contributed by atoms with Gasteiger partial charge in [0.1, 0.15) is 0 Å². The zero-order chi connectivity index (χ0) is 28.2. The summed E-state index contributed by atoms with van der Waals surface area (Å²) >= 11 is 6.06. The zero-order valence-electron chi connectivity index (χ0n) is 22.3. The summed E-state index contributed by atoms with van der Waals surface area (Å²) in [6, 6.07) is 19.7. The Morgan fingerprint density at radius 2 is 1.69 bits per heavy atom. The molecule has 0 aliphatic heterocycles. The van der Waals surface area contributed by atoms with Gasteiger partial charge < -0.3 is 4.74 Å². The van der Waals surface area contributed by atoms with Gasteiger partial charge in [-0.1, -0.05) is 47.5 Å². The number of hydrogen-bond donors (Lipinski definition) is 1. The van der Waals surface area contributed by atoms with E-state index in [0.29, 0.717) is 10.7 Å². The fraction of sp³-hybridized carbons (Fsp3) is 0.241. The molecule has 1 N–H and O–H groups in total. The van der Waals surface area contributed by atoms with Gasteiger partial charge in [-0.2, -0.15) is 4.31 Å². The minimum absolute atomic E-state index is 0.0156. The lowest BCUT2D eigenvalue weighted by Gasteiger charge is -2.21. The van der Waals surface area contributed by atoms with Gasteiger partial charge in [-0.05, 0) is 68.3 Å². The van der Waals surface area contributed by atoms with Crippen molar-refractivity contribution in [2.45, 2.75) is 25.7 Å². The normalized spacial score (nSPS) is 11.6. The van der Waals surface area contributed by atoms with Gasteiger partial charge in [0.25, 0.3) is 0 Å². The first-order chi connectivity index (χ1) is 18.6. The standard InChI is InChI=1S/C29H31ClN4O4S/c1-20-5-13-26(14-6-20)39(36,37)33(15-16-38-4)19-28(35)32-29-31-27(23-8-10-24(30)11-9-23)18-34(29)25-12-7-21(2)22(3)17-25/h5-14,17-18H,15-16,19H2,1-4H3,(H,31,32,35). The first kappa shape index (κ1) is 28.5. The van der Waals surface area contributed by atoms with Crippen LogP contribution in [-0.2, 0) is 19.6 Å². The van der Waals surface area contributed by atoms with Crippen LogP contribution in [0, 0.1) is 20.8 Å². The van der Waals surface area contributed by atoms with Gasteiger partial charge in [0.15, 0.2) is 0 Å². The summed E-state index contributed by atoms with van der Waals surface area (Å²) < 4.78 is 34.7. The lowest BCUT2D eigenvalue weighted by molar-refractivity contribution is -0.116. The molecule has 0 radical (unpaired) electrons. The number of ether oxygens (including phenoxy) is 1. The summed E-state index contributed by atoms with van der Waals surface area (Å²) in [6.07, 6.45) is 1.83. The molecule has 0 saturated heterocycles. The average Bonchev–Trinajstić information content (AvgIpc) is 3.32. The number of carbonyl (C=O) groups is 1. The van der Waals surface area contributed by atoms with E-state index in [2.05, 4.69) is 10.3 Å². The molecule has 0 bridgehead atoms. The Kier molecular flexibility index (Phi) is 8.87. The van der Waals surface area contributed by atoms with E-state index >= 15 is 0 Å². The van der Waals surface area contributed by atoms with Crippen molar-refractivity contribution in [1.29, 1.82) is 0 Å². The van der Waals surface area contributed by atoms with Crippen molar-refractivity contribution in [3.63, 3.8) is 0 Å². The van der Waals surface area contributed by atoms with Crippen LogP contribution in [0.25, 0.3) is 16.9 Å². The number of aryl methyl sites for hydroxylation is 3. The highest BCUT2D eigenvalue weighted by Crippen LogP contribution is 2.27. The Morgan fingerprint density at radius 3 is 2.33 bits per heavy atom. The van der Waals surface area contributed by atoms with E-state index in [1.807, 2.05) is 57.3 Å². The number of nitrogens with one attached hydrogen (secondary N) is 1. The smallest absolute Gasteiger partial charge is 0.243 e. The van der Waals surface area contributed by atoms with Crippen LogP contribution in [0.3, 0.4) is 0 Å². The second-order valence-corrected chi connectivity index (χ2v) is 11.7. The number of amides is 1. The number of benzene rings is 3. The van der Waals surface area contributed by atoms with Crippen molar-refractivity contribution in [3.8, 4) is 16.9 Å². The minimum Gasteiger partial charge on any atom is -0.383 e. The molecule has 3 aromatic carbocycles. The molecule has 4 aromatic rings. The fourth-order valence-corrected chi connectivity index (χ4v) is 5.47. The Balaban J connectivity index is 1.66. The number of methoxy groups -OCH3 is 1. The third-order valence-corrected chi connectivity index (χ3v) is 8.50. The summed E-state index contributed by atoms with van der Waals surface area (Å²) in [6.45, 7) is 5.66. The van der Waals surface area contributed by atoms with Crippen molar-refractivity contribution in [2.24, 2.45) is 0 Å². The molecule has 1 aromatic heterocycles. The molecule has 0 unspecified atom stereocenters. The van der Waals surface area contributed by atoms with Crippen LogP contribution < -0.4 is 5.32 Å². The molecule has 8 nitrogen and oxygen atoms in total. The van der Waals surface area contributed by atoms with Crippen LogP contribution in [0.2, 0.25) is 5.02 Å². The monoisotopic (exact) mass is 566 g/mol. The van der Waals surface area contributed by atoms with Gasteiger partial charge in [0, 0.05) is 36.1 Å². The average molecular weight is 567 g/mol. The maximum absolute atomic E-state index is 13.4. The quantitative estimate of drug-likeness (QED) is 0.278. The number of rotatable bonds is 10. The molecular formula is C29H31ClN4O4S. The van der Waals surface area contributed by atoms with Crippen molar-refractivity contribution < 1.29 is 17.9 Å². The van der Waals surface area contributed by atoms with Crippen LogP contribution in [0.5, 0.6) is 0 Å². The third kappa shape index (κ3) is 6.75. The van der Waals surface area contributed by atoms with Crippen LogP contribution in [0.1, 0.15) is 16.7 Å². The van der Waals surface area contributed by atoms with Gasteiger partial charge in [-0.15, -0.1) is 0 Å². The van der Waals surface area contributed by atoms with Gasteiger partial charge in [-0.3, -0.25) is 14.7 Å². The van der Waals surface area contributed by atoms with Crippen molar-refractivity contribution >= 4 is 33.5 Å². The molecule has 0 spiro atoms. The highest BCUT2D eigenvalue weighted by molar-refractivity contribution is 7.89. The molecular weight excluding hydrogens is 536 g/mol. The topological polar surface area (TPSA) is 93.5 Å². The number of anilines is 1. The molecule has 4 rings (SSSR count). The number of sulfonamides is 1. The molecule has 39 heavy (non-hydrogen) atoms. The Bertz CT molecular complexity index is 1570. The first-order valence-corrected chi connectivity index (χ1v) is 14.2. The number of nitrogens with zero attached hydrogens (tertiary/aromatic N) is 3. The van der Waals surface area contributed by atoms with E-state index in [4.69, 9.17) is 16.3 Å². The van der Waals surface area contributed by atoms with E-state index < -0.39 is 22.5 Å². The predicted molar refractivity (Wildman–Crippen MR) is 154 cm³/mol. The molecule has 10 heteroatoms. The van der Waals surface area contributed by atoms with Gasteiger partial charge >= 0.3 is 0 Å². The van der Waals surface area contributed by atoms with Gasteiger partial charge in [0.05, 0.1) is 23.7 Å². The van der Waals surface area contributed by atoms with Gasteiger partial charge in [0.2, 0.25) is 21.9 Å². The molecule has 0 fully saturated rings. The Hall–Kier alpha value is -3.50. The molecule has 1 heterocycles. The minimum atomic E-state index is -3.94. The van der Waals surface area contributed by atoms with E-state index in [0.717, 1.165) is 32.2 Å². The van der Waals surface area contributed by atoms with Crippen molar-refractivity contribution in [3.05, 3.63) is 94.6 Å². The number of hydrogen-bond acceptors (Lipinski definition) is 5. The van der Waals surface area contributed by atoms with Gasteiger partial charge in [-0.25, -0.2) is 13.4 Å². The molecule has 204 valence electrons. The summed E-state index contributed by atoms with van der Waals surface area (Å²) in [7, 11) is -2.46. The highest BCUT2D eigenvalue weighted by atomic mass is 35.5. The van der Waals surface area contributed by atoms with Crippen molar-refractivity contribution in [2.75, 3.05) is 32.1 Å². The number of aromatic nitrogens is 2. The number of imidazole rings is 1. The maximum atomic E-state index is 13.4. The molecule has 0 atom stereocenters. The Morgan fingerprint density at radius 1 is 1.00 bits per heavy atom. The zero-order valence-corrected chi connectivity index (χ0v) is 23.9. The fourth-order valence-electron chi connectivity index (χ4n) is 3.96. The largest absolute Gasteiger partial charge is 0.383 e. The lowest BCUT2D eigenvalue weighted by atomic mass is 10.1. The summed E-state index contributed by atoms with van der Waals surface area (Å²) in [4.78, 5) is 18.1. The third-order valence-electron chi connectivity index (χ3n) is 6.39. The number of carbonyl (C=O) groups excluding carboxylic acids is 1. The SMILES string of the molecule is COCCN(CC(=O)Nc1nc(-c2ccc(Cl)cc2)cn1-c1ccc(C)c(C)c1)S(=O)(=O)c1ccc(C)cc1. The first-order valence-electron chi connectivity index (χ1n) is 12.4. The molecule has 0 aliphatic rings. The molecule has 0 saturated carbocycles. The van der Waals surface area contributed by atoms with Crippen LogP contribution in [-0.4, -0.2) is 55.0 Å². The highest BCUT2D eigenvalue weighted by Gasteiger charge is 2.27. The molecule has 0 aliphatic carbocycles. The number of halogens is 1. The summed E-state index contributed by atoms with van der Waals surface area (Å²) in [5.41, 5.74) is 5.42. The van der Waals surface area contributed by atoms with Crippen LogP contribution in [0.4, 0.5) is 5.95 Å². The van der Waals surface area contributed by atoms with E-state index in [-0.39, 0.29) is 24.0 Å². The van der Waals surface area contributed by atoms with E-state index in [9.17, 15) is 13.2 Å². The van der Waals surface area contributed by atoms with E-state index in [1.54, 1.807) is 28.8 Å². The van der Waals surface area contributed by atoms with E-state index in [1.165, 1.54) is 19.2 Å². The predicted octanol–water partition coefficient (Wildman–Crippen LogP) is 5.39. The van der Waals surface area contributed by atoms with Crippen LogP contribution >= 0.6 is 11.6 Å². The van der Waals surface area contributed by atoms with Crippen LogP contribution in [0.15, 0.2) is 77.8 Å².